The van der Waals surface area contributed by atoms with Crippen molar-refractivity contribution in [1.29, 1.82) is 0 Å². The molecule has 0 fully saturated rings. The zero-order valence-corrected chi connectivity index (χ0v) is 36.3. The number of hydrogen-bond donors (Lipinski definition) is 0. The van der Waals surface area contributed by atoms with Crippen molar-refractivity contribution in [3.8, 4) is 61.3 Å². The SMILES string of the molecule is c1ccc(-c2ccc(-c3ccc(N(c4ccc(-c5ccc6ccccc6c5)cc4)c4cccc(-c5cccc6c5c5c(-c7ccccc7)cccc5n6-c5ccccc5)c4)cc3)cc2)cc1. The van der Waals surface area contributed by atoms with Crippen LogP contribution < -0.4 is 4.90 Å². The van der Waals surface area contributed by atoms with Crippen LogP contribution in [0.5, 0.6) is 0 Å². The lowest BCUT2D eigenvalue weighted by molar-refractivity contribution is 1.18. The van der Waals surface area contributed by atoms with Gasteiger partial charge in [-0.15, -0.1) is 0 Å². The number of rotatable bonds is 9. The van der Waals surface area contributed by atoms with E-state index in [1.54, 1.807) is 0 Å². The van der Waals surface area contributed by atoms with Gasteiger partial charge in [0, 0.05) is 33.5 Å². The number of nitrogens with zero attached hydrogens (tertiary/aromatic N) is 2. The molecule has 2 nitrogen and oxygen atoms in total. The van der Waals surface area contributed by atoms with Crippen molar-refractivity contribution in [2.24, 2.45) is 0 Å². The van der Waals surface area contributed by atoms with E-state index in [-0.39, 0.29) is 0 Å². The van der Waals surface area contributed by atoms with Crippen LogP contribution in [0.15, 0.2) is 267 Å². The van der Waals surface area contributed by atoms with Gasteiger partial charge in [-0.25, -0.2) is 0 Å². The molecular formula is C64H44N2. The van der Waals surface area contributed by atoms with Crippen LogP contribution in [-0.2, 0) is 0 Å². The van der Waals surface area contributed by atoms with Crippen LogP contribution in [0.3, 0.4) is 0 Å². The topological polar surface area (TPSA) is 8.17 Å². The normalized spacial score (nSPS) is 11.3. The fraction of sp³-hybridized carbons (Fsp3) is 0. The first-order chi connectivity index (χ1) is 32.7. The molecular weight excluding hydrogens is 797 g/mol. The zero-order valence-electron chi connectivity index (χ0n) is 36.3. The van der Waals surface area contributed by atoms with Crippen molar-refractivity contribution in [3.63, 3.8) is 0 Å². The van der Waals surface area contributed by atoms with Crippen molar-refractivity contribution in [3.05, 3.63) is 267 Å². The van der Waals surface area contributed by atoms with E-state index in [0.29, 0.717) is 0 Å². The van der Waals surface area contributed by atoms with Crippen LogP contribution in [-0.4, -0.2) is 4.57 Å². The van der Waals surface area contributed by atoms with Gasteiger partial charge >= 0.3 is 0 Å². The fourth-order valence-corrected chi connectivity index (χ4v) is 9.78. The van der Waals surface area contributed by atoms with Crippen molar-refractivity contribution < 1.29 is 0 Å². The maximum Gasteiger partial charge on any atom is 0.0547 e. The fourth-order valence-electron chi connectivity index (χ4n) is 9.78. The highest BCUT2D eigenvalue weighted by atomic mass is 15.1. The Kier molecular flexibility index (Phi) is 9.89. The van der Waals surface area contributed by atoms with E-state index in [1.165, 1.54) is 82.6 Å². The first-order valence-corrected chi connectivity index (χ1v) is 22.7. The summed E-state index contributed by atoms with van der Waals surface area (Å²) in [5, 5.41) is 4.97. The molecule has 0 N–H and O–H groups in total. The van der Waals surface area contributed by atoms with Crippen LogP contribution in [0.1, 0.15) is 0 Å². The predicted molar refractivity (Wildman–Crippen MR) is 280 cm³/mol. The molecule has 0 saturated heterocycles. The van der Waals surface area contributed by atoms with Gasteiger partial charge in [-0.2, -0.15) is 0 Å². The average Bonchev–Trinajstić information content (AvgIpc) is 3.75. The van der Waals surface area contributed by atoms with Gasteiger partial charge in [0.25, 0.3) is 0 Å². The lowest BCUT2D eigenvalue weighted by atomic mass is 9.94. The Labute approximate surface area is 385 Å². The van der Waals surface area contributed by atoms with Crippen LogP contribution in [0.2, 0.25) is 0 Å². The van der Waals surface area contributed by atoms with Gasteiger partial charge in [0.15, 0.2) is 0 Å². The Morgan fingerprint density at radius 3 is 1.26 bits per heavy atom. The van der Waals surface area contributed by atoms with E-state index in [2.05, 4.69) is 276 Å². The summed E-state index contributed by atoms with van der Waals surface area (Å²) >= 11 is 0. The second-order valence-electron chi connectivity index (χ2n) is 16.9. The van der Waals surface area contributed by atoms with Crippen LogP contribution in [0.25, 0.3) is 93.9 Å². The molecule has 0 saturated carbocycles. The molecule has 1 heterocycles. The Bertz CT molecular complexity index is 3650. The minimum absolute atomic E-state index is 1.08. The van der Waals surface area contributed by atoms with Crippen molar-refractivity contribution in [2.45, 2.75) is 0 Å². The monoisotopic (exact) mass is 840 g/mol. The van der Waals surface area contributed by atoms with Crippen molar-refractivity contribution >= 4 is 49.6 Å². The smallest absolute Gasteiger partial charge is 0.0547 e. The molecule has 0 aliphatic heterocycles. The zero-order chi connectivity index (χ0) is 43.8. The predicted octanol–water partition coefficient (Wildman–Crippen LogP) is 17.7. The quantitative estimate of drug-likeness (QED) is 0.141. The summed E-state index contributed by atoms with van der Waals surface area (Å²) in [5.74, 6) is 0. The summed E-state index contributed by atoms with van der Waals surface area (Å²) < 4.78 is 2.42. The number of para-hydroxylation sites is 1. The molecule has 1 aromatic heterocycles. The maximum absolute atomic E-state index is 2.42. The van der Waals surface area contributed by atoms with E-state index in [1.807, 2.05) is 0 Å². The molecule has 0 amide bonds. The molecule has 0 spiro atoms. The molecule has 0 bridgehead atoms. The number of aromatic nitrogens is 1. The minimum Gasteiger partial charge on any atom is -0.310 e. The Balaban J connectivity index is 0.995. The van der Waals surface area contributed by atoms with Crippen LogP contribution in [0.4, 0.5) is 17.1 Å². The number of benzene rings is 11. The second kappa shape index (κ2) is 16.8. The molecule has 0 unspecified atom stereocenters. The summed E-state index contributed by atoms with van der Waals surface area (Å²) in [5.41, 5.74) is 18.7. The molecule has 0 aliphatic rings. The third-order valence-corrected chi connectivity index (χ3v) is 13.0. The van der Waals surface area contributed by atoms with E-state index in [4.69, 9.17) is 0 Å². The number of hydrogen-bond acceptors (Lipinski definition) is 1. The number of fused-ring (bicyclic) bond motifs is 4. The molecule has 0 aliphatic carbocycles. The Hall–Kier alpha value is -8.72. The second-order valence-corrected chi connectivity index (χ2v) is 16.9. The lowest BCUT2D eigenvalue weighted by Gasteiger charge is -2.26. The molecule has 66 heavy (non-hydrogen) atoms. The third-order valence-electron chi connectivity index (χ3n) is 13.0. The first kappa shape index (κ1) is 38.9. The van der Waals surface area contributed by atoms with Gasteiger partial charge in [-0.05, 0) is 133 Å². The highest BCUT2D eigenvalue weighted by molar-refractivity contribution is 6.20. The highest BCUT2D eigenvalue weighted by Crippen LogP contribution is 2.45. The van der Waals surface area contributed by atoms with Crippen LogP contribution >= 0.6 is 0 Å². The molecule has 0 radical (unpaired) electrons. The lowest BCUT2D eigenvalue weighted by Crippen LogP contribution is -2.10. The standard InChI is InChI=1S/C64H44N2/c1-4-15-45(16-5-1)47-29-31-48(32-30-47)49-35-39-56(40-36-49)65(57-41-37-50(38-42-57)53-34-33-46-17-10-11-20-52(46)43-53)58-24-12-21-54(44-58)60-26-14-28-62-64(60)63-59(51-18-6-2-7-19-51)25-13-27-61(63)66(62)55-22-8-3-9-23-55/h1-44H. The summed E-state index contributed by atoms with van der Waals surface area (Å²) in [6, 6.07) is 96.8. The summed E-state index contributed by atoms with van der Waals surface area (Å²) in [6.45, 7) is 0. The largest absolute Gasteiger partial charge is 0.310 e. The van der Waals surface area contributed by atoms with E-state index in [9.17, 15) is 0 Å². The minimum atomic E-state index is 1.08. The van der Waals surface area contributed by atoms with Gasteiger partial charge < -0.3 is 9.47 Å². The third kappa shape index (κ3) is 7.12. The maximum atomic E-state index is 2.42. The number of anilines is 3. The molecule has 0 atom stereocenters. The van der Waals surface area contributed by atoms with Gasteiger partial charge in [0.05, 0.1) is 11.0 Å². The van der Waals surface area contributed by atoms with Crippen molar-refractivity contribution in [2.75, 3.05) is 4.90 Å². The summed E-state index contributed by atoms with van der Waals surface area (Å²) in [4.78, 5) is 2.39. The Morgan fingerprint density at radius 1 is 0.242 bits per heavy atom. The summed E-state index contributed by atoms with van der Waals surface area (Å²) in [7, 11) is 0. The van der Waals surface area contributed by atoms with Crippen molar-refractivity contribution in [1.82, 2.24) is 4.57 Å². The molecule has 12 aromatic rings. The Morgan fingerprint density at radius 2 is 0.667 bits per heavy atom. The van der Waals surface area contributed by atoms with E-state index < -0.39 is 0 Å². The summed E-state index contributed by atoms with van der Waals surface area (Å²) in [6.07, 6.45) is 0. The molecule has 310 valence electrons. The van der Waals surface area contributed by atoms with Crippen LogP contribution in [0, 0.1) is 0 Å². The molecule has 2 heteroatoms. The molecule has 12 rings (SSSR count). The highest BCUT2D eigenvalue weighted by Gasteiger charge is 2.21. The van der Waals surface area contributed by atoms with E-state index >= 15 is 0 Å². The first-order valence-electron chi connectivity index (χ1n) is 22.7. The van der Waals surface area contributed by atoms with Gasteiger partial charge in [-0.1, -0.05) is 200 Å². The molecule has 11 aromatic carbocycles. The van der Waals surface area contributed by atoms with Gasteiger partial charge in [-0.3, -0.25) is 0 Å². The van der Waals surface area contributed by atoms with Gasteiger partial charge in [0.2, 0.25) is 0 Å². The average molecular weight is 841 g/mol. The van der Waals surface area contributed by atoms with Gasteiger partial charge in [0.1, 0.15) is 0 Å². The van der Waals surface area contributed by atoms with E-state index in [0.717, 1.165) is 28.3 Å².